The van der Waals surface area contributed by atoms with E-state index in [1.807, 2.05) is 85.8 Å². The van der Waals surface area contributed by atoms with Crippen molar-refractivity contribution >= 4 is 11.9 Å². The number of rotatable bonds is 5. The minimum absolute atomic E-state index is 0.256. The molecule has 0 spiro atoms. The Morgan fingerprint density at radius 1 is 0.786 bits per heavy atom. The summed E-state index contributed by atoms with van der Waals surface area (Å²) >= 11 is 0. The summed E-state index contributed by atoms with van der Waals surface area (Å²) in [6.07, 6.45) is 0.618. The number of esters is 1. The smallest absolute Gasteiger partial charge is 0.326 e. The molecule has 0 saturated heterocycles. The van der Waals surface area contributed by atoms with Crippen LogP contribution in [0.3, 0.4) is 0 Å². The van der Waals surface area contributed by atoms with Crippen LogP contribution in [-0.2, 0) is 15.0 Å². The maximum atomic E-state index is 13.2. The van der Waals surface area contributed by atoms with Crippen molar-refractivity contribution in [3.63, 3.8) is 0 Å². The van der Waals surface area contributed by atoms with Crippen LogP contribution in [0.4, 0.5) is 0 Å². The number of aliphatic carboxylic acids is 1. The monoisotopic (exact) mass is 376 g/mol. The van der Waals surface area contributed by atoms with Crippen molar-refractivity contribution in [3.05, 3.63) is 102 Å². The molecule has 3 aromatic rings. The van der Waals surface area contributed by atoms with Gasteiger partial charge in [0.05, 0.1) is 0 Å². The number of carboxylic acids is 1. The standard InChI is InChI=1S/C22H20O2.C2H4O2/c1-2-22(18-12-6-3-7-13-18,19-14-8-4-9-15-19)21(23)24-20-16-10-5-11-17-20;1-2(3)4/h3-17H,2H2,1H3;1H3,(H,3,4). The second kappa shape index (κ2) is 10.1. The van der Waals surface area contributed by atoms with E-state index in [1.165, 1.54) is 0 Å². The summed E-state index contributed by atoms with van der Waals surface area (Å²) in [4.78, 5) is 22.2. The Morgan fingerprint density at radius 3 is 1.50 bits per heavy atom. The van der Waals surface area contributed by atoms with Gasteiger partial charge in [-0.2, -0.15) is 0 Å². The molecule has 3 aromatic carbocycles. The zero-order valence-electron chi connectivity index (χ0n) is 16.0. The molecule has 4 nitrogen and oxygen atoms in total. The van der Waals surface area contributed by atoms with Crippen molar-refractivity contribution in [2.45, 2.75) is 25.7 Å². The average molecular weight is 376 g/mol. The minimum Gasteiger partial charge on any atom is -0.481 e. The third-order valence-electron chi connectivity index (χ3n) is 4.37. The first kappa shape index (κ1) is 20.9. The van der Waals surface area contributed by atoms with E-state index >= 15 is 0 Å². The predicted molar refractivity (Wildman–Crippen MR) is 109 cm³/mol. The molecule has 0 atom stereocenters. The summed E-state index contributed by atoms with van der Waals surface area (Å²) in [5, 5.41) is 7.42. The summed E-state index contributed by atoms with van der Waals surface area (Å²) in [6, 6.07) is 28.9. The highest BCUT2D eigenvalue weighted by Gasteiger charge is 2.42. The number of hydrogen-bond donors (Lipinski definition) is 1. The van der Waals surface area contributed by atoms with E-state index in [0.29, 0.717) is 12.2 Å². The molecule has 0 bridgehead atoms. The molecule has 144 valence electrons. The first-order valence-corrected chi connectivity index (χ1v) is 9.08. The molecule has 0 heterocycles. The number of hydrogen-bond acceptors (Lipinski definition) is 3. The van der Waals surface area contributed by atoms with Gasteiger partial charge in [0, 0.05) is 6.92 Å². The lowest BCUT2D eigenvalue weighted by Crippen LogP contribution is -2.40. The molecular formula is C24H24O4. The van der Waals surface area contributed by atoms with Gasteiger partial charge in [-0.1, -0.05) is 85.8 Å². The molecule has 0 fully saturated rings. The molecular weight excluding hydrogens is 352 g/mol. The fourth-order valence-corrected chi connectivity index (χ4v) is 3.08. The van der Waals surface area contributed by atoms with Gasteiger partial charge in [-0.25, -0.2) is 0 Å². The van der Waals surface area contributed by atoms with Crippen LogP contribution in [0.5, 0.6) is 5.75 Å². The molecule has 0 unspecified atom stereocenters. The summed E-state index contributed by atoms with van der Waals surface area (Å²) in [7, 11) is 0. The molecule has 0 saturated carbocycles. The van der Waals surface area contributed by atoms with Gasteiger partial charge in [0.25, 0.3) is 5.97 Å². The highest BCUT2D eigenvalue weighted by atomic mass is 16.5. The Balaban J connectivity index is 0.000000640. The Morgan fingerprint density at radius 2 is 1.14 bits per heavy atom. The zero-order valence-corrected chi connectivity index (χ0v) is 16.0. The van der Waals surface area contributed by atoms with E-state index in [0.717, 1.165) is 18.1 Å². The van der Waals surface area contributed by atoms with Gasteiger partial charge in [-0.05, 0) is 29.7 Å². The van der Waals surface area contributed by atoms with Crippen molar-refractivity contribution in [2.75, 3.05) is 0 Å². The topological polar surface area (TPSA) is 63.6 Å². The van der Waals surface area contributed by atoms with Gasteiger partial charge >= 0.3 is 5.97 Å². The minimum atomic E-state index is -0.833. The van der Waals surface area contributed by atoms with E-state index in [4.69, 9.17) is 14.6 Å². The Labute approximate surface area is 165 Å². The second-order valence-electron chi connectivity index (χ2n) is 6.21. The largest absolute Gasteiger partial charge is 0.481 e. The lowest BCUT2D eigenvalue weighted by molar-refractivity contribution is -0.139. The highest BCUT2D eigenvalue weighted by Crippen LogP contribution is 2.37. The molecule has 0 radical (unpaired) electrons. The second-order valence-corrected chi connectivity index (χ2v) is 6.21. The lowest BCUT2D eigenvalue weighted by Gasteiger charge is -2.31. The summed E-state index contributed by atoms with van der Waals surface area (Å²) in [6.45, 7) is 3.10. The van der Waals surface area contributed by atoms with Crippen molar-refractivity contribution in [3.8, 4) is 5.75 Å². The Bertz CT molecular complexity index is 831. The van der Waals surface area contributed by atoms with Gasteiger partial charge in [0.1, 0.15) is 11.2 Å². The van der Waals surface area contributed by atoms with Gasteiger partial charge in [-0.3, -0.25) is 9.59 Å². The third-order valence-corrected chi connectivity index (χ3v) is 4.37. The van der Waals surface area contributed by atoms with Crippen LogP contribution in [0.25, 0.3) is 0 Å². The lowest BCUT2D eigenvalue weighted by atomic mass is 9.72. The maximum absolute atomic E-state index is 13.2. The fraction of sp³-hybridized carbons (Fsp3) is 0.167. The number of para-hydroxylation sites is 1. The molecule has 3 rings (SSSR count). The first-order chi connectivity index (χ1) is 13.5. The van der Waals surface area contributed by atoms with E-state index < -0.39 is 11.4 Å². The van der Waals surface area contributed by atoms with Crippen molar-refractivity contribution in [2.24, 2.45) is 0 Å². The number of carbonyl (C=O) groups is 2. The molecule has 4 heteroatoms. The SMILES string of the molecule is CC(=O)O.CCC(C(=O)Oc1ccccc1)(c1ccccc1)c1ccccc1. The van der Waals surface area contributed by atoms with E-state index in [9.17, 15) is 4.79 Å². The number of benzene rings is 3. The van der Waals surface area contributed by atoms with Crippen LogP contribution < -0.4 is 4.74 Å². The first-order valence-electron chi connectivity index (χ1n) is 9.08. The zero-order chi connectivity index (χ0) is 20.4. The molecule has 28 heavy (non-hydrogen) atoms. The number of ether oxygens (including phenoxy) is 1. The highest BCUT2D eigenvalue weighted by molar-refractivity contribution is 5.89. The molecule has 0 amide bonds. The molecule has 0 aliphatic heterocycles. The van der Waals surface area contributed by atoms with Crippen LogP contribution >= 0.6 is 0 Å². The Hall–Kier alpha value is -3.40. The van der Waals surface area contributed by atoms with Crippen molar-refractivity contribution < 1.29 is 19.4 Å². The van der Waals surface area contributed by atoms with E-state index in [-0.39, 0.29) is 5.97 Å². The van der Waals surface area contributed by atoms with Crippen molar-refractivity contribution in [1.29, 1.82) is 0 Å². The summed E-state index contributed by atoms with van der Waals surface area (Å²) < 4.78 is 5.74. The summed E-state index contributed by atoms with van der Waals surface area (Å²) in [5.74, 6) is -0.527. The number of carboxylic acid groups (broad SMARTS) is 1. The molecule has 0 aliphatic rings. The van der Waals surface area contributed by atoms with Crippen LogP contribution in [-0.4, -0.2) is 17.0 Å². The molecule has 0 aliphatic carbocycles. The normalized spacial score (nSPS) is 10.4. The van der Waals surface area contributed by atoms with E-state index in [1.54, 1.807) is 12.1 Å². The van der Waals surface area contributed by atoms with E-state index in [2.05, 4.69) is 0 Å². The average Bonchev–Trinajstić information content (AvgIpc) is 2.71. The quantitative estimate of drug-likeness (QED) is 0.498. The fourth-order valence-electron chi connectivity index (χ4n) is 3.08. The van der Waals surface area contributed by atoms with Crippen LogP contribution in [0, 0.1) is 0 Å². The molecule has 0 aromatic heterocycles. The number of carbonyl (C=O) groups excluding carboxylic acids is 1. The summed E-state index contributed by atoms with van der Waals surface area (Å²) in [5.41, 5.74) is 1.07. The van der Waals surface area contributed by atoms with Crippen LogP contribution in [0.1, 0.15) is 31.4 Å². The van der Waals surface area contributed by atoms with Gasteiger partial charge in [0.15, 0.2) is 0 Å². The van der Waals surface area contributed by atoms with Gasteiger partial charge in [-0.15, -0.1) is 0 Å². The van der Waals surface area contributed by atoms with Gasteiger partial charge in [0.2, 0.25) is 0 Å². The maximum Gasteiger partial charge on any atom is 0.326 e. The molecule has 1 N–H and O–H groups in total. The van der Waals surface area contributed by atoms with Crippen LogP contribution in [0.2, 0.25) is 0 Å². The Kier molecular flexibility index (Phi) is 7.52. The predicted octanol–water partition coefficient (Wildman–Crippen LogP) is 5.08. The van der Waals surface area contributed by atoms with Crippen LogP contribution in [0.15, 0.2) is 91.0 Å². The van der Waals surface area contributed by atoms with Gasteiger partial charge < -0.3 is 9.84 Å². The van der Waals surface area contributed by atoms with Crippen molar-refractivity contribution in [1.82, 2.24) is 0 Å². The third kappa shape index (κ3) is 5.07.